The Balaban J connectivity index is 1.94. The number of rotatable bonds is 4. The lowest BCUT2D eigenvalue weighted by molar-refractivity contribution is 0.0278. The molecule has 1 aliphatic heterocycles. The predicted octanol–water partition coefficient (Wildman–Crippen LogP) is 3.21. The van der Waals surface area contributed by atoms with Gasteiger partial charge in [0, 0.05) is 13.1 Å². The van der Waals surface area contributed by atoms with Crippen LogP contribution in [0, 0.1) is 11.3 Å². The second-order valence-electron chi connectivity index (χ2n) is 7.45. The first-order chi connectivity index (χ1) is 12.2. The average molecular weight is 359 g/mol. The molecule has 7 nitrogen and oxygen atoms in total. The molecule has 1 fully saturated rings. The first-order valence-electron chi connectivity index (χ1n) is 8.57. The van der Waals surface area contributed by atoms with Crippen LogP contribution in [0.15, 0.2) is 30.3 Å². The average Bonchev–Trinajstić information content (AvgIpc) is 2.97. The fourth-order valence-electron chi connectivity index (χ4n) is 2.77. The van der Waals surface area contributed by atoms with Crippen molar-refractivity contribution in [2.45, 2.75) is 51.4 Å². The lowest BCUT2D eigenvalue weighted by Gasteiger charge is -2.29. The molecular formula is C19H25N3O4. The number of ether oxygens (including phenoxy) is 2. The molecular weight excluding hydrogens is 334 g/mol. The third kappa shape index (κ3) is 5.66. The largest absolute Gasteiger partial charge is 0.445 e. The van der Waals surface area contributed by atoms with Crippen LogP contribution in [0.4, 0.5) is 9.59 Å². The van der Waals surface area contributed by atoms with E-state index in [2.05, 4.69) is 11.4 Å². The molecule has 1 aromatic rings. The molecule has 1 atom stereocenters. The Labute approximate surface area is 153 Å². The summed E-state index contributed by atoms with van der Waals surface area (Å²) in [7, 11) is 0. The number of alkyl carbamates (subject to hydrolysis) is 1. The lowest BCUT2D eigenvalue weighted by atomic mass is 9.95. The second-order valence-corrected chi connectivity index (χ2v) is 7.45. The topological polar surface area (TPSA) is 91.7 Å². The zero-order valence-corrected chi connectivity index (χ0v) is 15.4. The molecule has 1 saturated heterocycles. The van der Waals surface area contributed by atoms with E-state index in [1.165, 1.54) is 4.90 Å². The van der Waals surface area contributed by atoms with Crippen molar-refractivity contribution >= 4 is 12.2 Å². The second kappa shape index (κ2) is 8.09. The van der Waals surface area contributed by atoms with Gasteiger partial charge in [-0.05, 0) is 32.8 Å². The van der Waals surface area contributed by atoms with Crippen molar-refractivity contribution in [3.8, 4) is 6.07 Å². The molecule has 1 N–H and O–H groups in total. The monoisotopic (exact) mass is 359 g/mol. The molecule has 0 radical (unpaired) electrons. The molecule has 0 saturated carbocycles. The summed E-state index contributed by atoms with van der Waals surface area (Å²) in [6.45, 7) is 6.16. The van der Waals surface area contributed by atoms with Crippen molar-refractivity contribution in [3.05, 3.63) is 35.9 Å². The summed E-state index contributed by atoms with van der Waals surface area (Å²) in [4.78, 5) is 25.9. The molecule has 140 valence electrons. The summed E-state index contributed by atoms with van der Waals surface area (Å²) >= 11 is 0. The maximum Gasteiger partial charge on any atom is 0.410 e. The van der Waals surface area contributed by atoms with Crippen LogP contribution in [-0.4, -0.2) is 41.3 Å². The molecule has 0 aromatic heterocycles. The number of nitriles is 1. The highest BCUT2D eigenvalue weighted by atomic mass is 16.6. The quantitative estimate of drug-likeness (QED) is 0.891. The Bertz CT molecular complexity index is 678. The molecule has 1 aliphatic rings. The fraction of sp³-hybridized carbons (Fsp3) is 0.526. The van der Waals surface area contributed by atoms with Gasteiger partial charge in [0.2, 0.25) is 0 Å². The number of nitrogens with zero attached hydrogens (tertiary/aromatic N) is 2. The van der Waals surface area contributed by atoms with E-state index in [1.807, 2.05) is 30.3 Å². The molecule has 1 heterocycles. The van der Waals surface area contributed by atoms with Crippen LogP contribution in [0.1, 0.15) is 39.2 Å². The lowest BCUT2D eigenvalue weighted by Crippen LogP contribution is -2.51. The number of nitrogens with one attached hydrogen (secondary N) is 1. The van der Waals surface area contributed by atoms with E-state index in [9.17, 15) is 9.59 Å². The van der Waals surface area contributed by atoms with Crippen molar-refractivity contribution in [3.63, 3.8) is 0 Å². The van der Waals surface area contributed by atoms with Gasteiger partial charge in [-0.25, -0.2) is 9.59 Å². The molecule has 0 spiro atoms. The number of amides is 2. The van der Waals surface area contributed by atoms with Crippen LogP contribution in [0.3, 0.4) is 0 Å². The van der Waals surface area contributed by atoms with Gasteiger partial charge in [0.25, 0.3) is 0 Å². The number of hydrogen-bond acceptors (Lipinski definition) is 5. The van der Waals surface area contributed by atoms with Gasteiger partial charge in [0.15, 0.2) is 0 Å². The van der Waals surface area contributed by atoms with Crippen LogP contribution < -0.4 is 5.32 Å². The van der Waals surface area contributed by atoms with Crippen LogP contribution in [0.2, 0.25) is 0 Å². The Morgan fingerprint density at radius 1 is 1.31 bits per heavy atom. The molecule has 26 heavy (non-hydrogen) atoms. The third-order valence-electron chi connectivity index (χ3n) is 4.00. The van der Waals surface area contributed by atoms with Crippen molar-refractivity contribution < 1.29 is 19.1 Å². The summed E-state index contributed by atoms with van der Waals surface area (Å²) in [5, 5.41) is 11.9. The maximum absolute atomic E-state index is 12.2. The molecule has 2 amide bonds. The van der Waals surface area contributed by atoms with Gasteiger partial charge < -0.3 is 19.7 Å². The Morgan fingerprint density at radius 3 is 2.62 bits per heavy atom. The van der Waals surface area contributed by atoms with Gasteiger partial charge >= 0.3 is 12.2 Å². The van der Waals surface area contributed by atoms with Crippen LogP contribution in [0.25, 0.3) is 0 Å². The molecule has 7 heteroatoms. The summed E-state index contributed by atoms with van der Waals surface area (Å²) in [6.07, 6.45) is -0.487. The summed E-state index contributed by atoms with van der Waals surface area (Å²) in [5.74, 6) is 0. The highest BCUT2D eigenvalue weighted by Crippen LogP contribution is 2.26. The number of carbonyl (C=O) groups excluding carboxylic acids is 2. The molecule has 1 unspecified atom stereocenters. The van der Waals surface area contributed by atoms with Gasteiger partial charge in [-0.15, -0.1) is 0 Å². The third-order valence-corrected chi connectivity index (χ3v) is 4.00. The first-order valence-corrected chi connectivity index (χ1v) is 8.57. The molecule has 1 aromatic carbocycles. The molecule has 0 aliphatic carbocycles. The number of hydrogen-bond donors (Lipinski definition) is 1. The van der Waals surface area contributed by atoms with E-state index < -0.39 is 23.3 Å². The van der Waals surface area contributed by atoms with Gasteiger partial charge in [-0.2, -0.15) is 5.26 Å². The van der Waals surface area contributed by atoms with E-state index in [-0.39, 0.29) is 19.6 Å². The maximum atomic E-state index is 12.2. The van der Waals surface area contributed by atoms with Gasteiger partial charge in [0.1, 0.15) is 12.2 Å². The normalized spacial score (nSPS) is 19.5. The highest BCUT2D eigenvalue weighted by molar-refractivity contribution is 5.71. The first kappa shape index (κ1) is 19.6. The Kier molecular flexibility index (Phi) is 6.09. The Morgan fingerprint density at radius 2 is 2.00 bits per heavy atom. The summed E-state index contributed by atoms with van der Waals surface area (Å²) in [5.41, 5.74) is -0.544. The van der Waals surface area contributed by atoms with Crippen molar-refractivity contribution in [1.29, 1.82) is 5.26 Å². The minimum Gasteiger partial charge on any atom is -0.445 e. The number of carbonyl (C=O) groups is 2. The molecule has 0 bridgehead atoms. The number of benzene rings is 1. The summed E-state index contributed by atoms with van der Waals surface area (Å²) in [6, 6.07) is 11.4. The zero-order valence-electron chi connectivity index (χ0n) is 15.4. The fourth-order valence-corrected chi connectivity index (χ4v) is 2.77. The van der Waals surface area contributed by atoms with E-state index in [1.54, 1.807) is 20.8 Å². The van der Waals surface area contributed by atoms with E-state index in [0.717, 1.165) is 5.56 Å². The van der Waals surface area contributed by atoms with E-state index >= 15 is 0 Å². The number of likely N-dealkylation sites (tertiary alicyclic amines) is 1. The van der Waals surface area contributed by atoms with Gasteiger partial charge in [-0.3, -0.25) is 0 Å². The smallest absolute Gasteiger partial charge is 0.410 e. The SMILES string of the molecule is CC(C)(C)OC(=O)N1CCC(CC#N)(NC(=O)OCc2ccccc2)C1. The predicted molar refractivity (Wildman–Crippen MR) is 95.1 cm³/mol. The van der Waals surface area contributed by atoms with Crippen LogP contribution in [0.5, 0.6) is 0 Å². The highest BCUT2D eigenvalue weighted by Gasteiger charge is 2.42. The van der Waals surface area contributed by atoms with Crippen LogP contribution >= 0.6 is 0 Å². The summed E-state index contributed by atoms with van der Waals surface area (Å²) < 4.78 is 10.6. The van der Waals surface area contributed by atoms with Crippen molar-refractivity contribution in [2.75, 3.05) is 13.1 Å². The molecule has 2 rings (SSSR count). The van der Waals surface area contributed by atoms with E-state index in [4.69, 9.17) is 14.7 Å². The van der Waals surface area contributed by atoms with Crippen LogP contribution in [-0.2, 0) is 16.1 Å². The standard InChI is InChI=1S/C19H25N3O4/c1-18(2,3)26-17(24)22-12-10-19(14-22,9-11-20)21-16(23)25-13-15-7-5-4-6-8-15/h4-8H,9-10,12-14H2,1-3H3,(H,21,23). The Hall–Kier alpha value is -2.75. The van der Waals surface area contributed by atoms with Gasteiger partial charge in [0.05, 0.1) is 18.0 Å². The van der Waals surface area contributed by atoms with Crippen molar-refractivity contribution in [2.24, 2.45) is 0 Å². The van der Waals surface area contributed by atoms with E-state index in [0.29, 0.717) is 13.0 Å². The zero-order chi connectivity index (χ0) is 19.2. The minimum atomic E-state index is -0.820. The minimum absolute atomic E-state index is 0.0900. The van der Waals surface area contributed by atoms with Gasteiger partial charge in [-0.1, -0.05) is 30.3 Å². The van der Waals surface area contributed by atoms with Crippen molar-refractivity contribution in [1.82, 2.24) is 10.2 Å².